The van der Waals surface area contributed by atoms with Gasteiger partial charge in [-0.2, -0.15) is 0 Å². The number of phenolic OH excluding ortho intramolecular Hbond substituents is 1. The molecule has 0 fully saturated rings. The molecule has 0 saturated heterocycles. The molecule has 25 heavy (non-hydrogen) atoms. The molecule has 0 saturated carbocycles. The molecule has 0 amide bonds. The third-order valence-electron chi connectivity index (χ3n) is 3.46. The Kier molecular flexibility index (Phi) is 6.46. The fourth-order valence-corrected chi connectivity index (χ4v) is 2.31. The molecule has 0 aliphatic heterocycles. The standard InChI is InChI=1S/C20H22O5/c1-4-24-16-12-18(22)20(19(13-16)25-5-2)17(21)11-8-14-6-9-15(23-3)10-7-14/h6-13,22H,4-5H2,1-3H3/b11-8+. The summed E-state index contributed by atoms with van der Waals surface area (Å²) in [6.45, 7) is 4.48. The lowest BCUT2D eigenvalue weighted by molar-refractivity contribution is 0.104. The molecule has 0 aliphatic carbocycles. The van der Waals surface area contributed by atoms with Crippen molar-refractivity contribution in [1.82, 2.24) is 0 Å². The van der Waals surface area contributed by atoms with Crippen LogP contribution >= 0.6 is 0 Å². The molecule has 0 heterocycles. The highest BCUT2D eigenvalue weighted by Gasteiger charge is 2.17. The van der Waals surface area contributed by atoms with E-state index < -0.39 is 0 Å². The molecular formula is C20H22O5. The highest BCUT2D eigenvalue weighted by atomic mass is 16.5. The SMILES string of the molecule is CCOc1cc(O)c(C(=O)/C=C/c2ccc(OC)cc2)c(OCC)c1. The van der Waals surface area contributed by atoms with Crippen molar-refractivity contribution in [2.45, 2.75) is 13.8 Å². The van der Waals surface area contributed by atoms with Crippen molar-refractivity contribution in [3.05, 3.63) is 53.6 Å². The van der Waals surface area contributed by atoms with Gasteiger partial charge in [0.1, 0.15) is 28.6 Å². The number of benzene rings is 2. The molecule has 0 atom stereocenters. The van der Waals surface area contributed by atoms with Crippen molar-refractivity contribution >= 4 is 11.9 Å². The van der Waals surface area contributed by atoms with Gasteiger partial charge in [-0.15, -0.1) is 0 Å². The van der Waals surface area contributed by atoms with E-state index in [9.17, 15) is 9.90 Å². The lowest BCUT2D eigenvalue weighted by Crippen LogP contribution is -2.03. The molecule has 2 rings (SSSR count). The van der Waals surface area contributed by atoms with Gasteiger partial charge in [0.15, 0.2) is 5.78 Å². The molecule has 0 spiro atoms. The summed E-state index contributed by atoms with van der Waals surface area (Å²) >= 11 is 0. The summed E-state index contributed by atoms with van der Waals surface area (Å²) in [5, 5.41) is 10.2. The number of carbonyl (C=O) groups excluding carboxylic acids is 1. The fourth-order valence-electron chi connectivity index (χ4n) is 2.31. The van der Waals surface area contributed by atoms with E-state index in [-0.39, 0.29) is 17.1 Å². The van der Waals surface area contributed by atoms with E-state index in [2.05, 4.69) is 0 Å². The van der Waals surface area contributed by atoms with Crippen molar-refractivity contribution in [3.63, 3.8) is 0 Å². The molecular weight excluding hydrogens is 320 g/mol. The second kappa shape index (κ2) is 8.78. The van der Waals surface area contributed by atoms with Crippen LogP contribution in [-0.4, -0.2) is 31.2 Å². The van der Waals surface area contributed by atoms with Crippen LogP contribution < -0.4 is 14.2 Å². The summed E-state index contributed by atoms with van der Waals surface area (Å²) in [6.07, 6.45) is 3.08. The highest BCUT2D eigenvalue weighted by Crippen LogP contribution is 2.34. The number of phenols is 1. The predicted molar refractivity (Wildman–Crippen MR) is 96.8 cm³/mol. The second-order valence-corrected chi connectivity index (χ2v) is 5.15. The lowest BCUT2D eigenvalue weighted by atomic mass is 10.1. The first kappa shape index (κ1) is 18.4. The molecule has 5 nitrogen and oxygen atoms in total. The van der Waals surface area contributed by atoms with Crippen LogP contribution in [0, 0.1) is 0 Å². The van der Waals surface area contributed by atoms with Crippen LogP contribution in [-0.2, 0) is 0 Å². The molecule has 0 radical (unpaired) electrons. The van der Waals surface area contributed by atoms with Crippen molar-refractivity contribution < 1.29 is 24.1 Å². The molecule has 2 aromatic rings. The van der Waals surface area contributed by atoms with Gasteiger partial charge in [-0.05, 0) is 37.6 Å². The van der Waals surface area contributed by atoms with Gasteiger partial charge in [0.05, 0.1) is 20.3 Å². The predicted octanol–water partition coefficient (Wildman–Crippen LogP) is 4.09. The first-order chi connectivity index (χ1) is 12.1. The van der Waals surface area contributed by atoms with Crippen LogP contribution in [0.3, 0.4) is 0 Å². The van der Waals surface area contributed by atoms with Gasteiger partial charge in [-0.25, -0.2) is 0 Å². The van der Waals surface area contributed by atoms with Gasteiger partial charge in [0.25, 0.3) is 0 Å². The zero-order valence-corrected chi connectivity index (χ0v) is 14.6. The van der Waals surface area contributed by atoms with Crippen LogP contribution in [0.5, 0.6) is 23.0 Å². The molecule has 132 valence electrons. The maximum atomic E-state index is 12.5. The fraction of sp³-hybridized carbons (Fsp3) is 0.250. The van der Waals surface area contributed by atoms with Crippen molar-refractivity contribution in [2.75, 3.05) is 20.3 Å². The van der Waals surface area contributed by atoms with Crippen LogP contribution in [0.1, 0.15) is 29.8 Å². The molecule has 0 bridgehead atoms. The Labute approximate surface area is 147 Å². The number of carbonyl (C=O) groups is 1. The number of aromatic hydroxyl groups is 1. The summed E-state index contributed by atoms with van der Waals surface area (Å²) < 4.78 is 16.0. The molecule has 0 aromatic heterocycles. The van der Waals surface area contributed by atoms with Crippen LogP contribution in [0.25, 0.3) is 6.08 Å². The average Bonchev–Trinajstić information content (AvgIpc) is 2.60. The maximum Gasteiger partial charge on any atom is 0.193 e. The van der Waals surface area contributed by atoms with Gasteiger partial charge in [-0.3, -0.25) is 4.79 Å². The van der Waals surface area contributed by atoms with Crippen LogP contribution in [0.4, 0.5) is 0 Å². The largest absolute Gasteiger partial charge is 0.507 e. The third-order valence-corrected chi connectivity index (χ3v) is 3.46. The molecule has 5 heteroatoms. The highest BCUT2D eigenvalue weighted by molar-refractivity contribution is 6.10. The van der Waals surface area contributed by atoms with Gasteiger partial charge >= 0.3 is 0 Å². The van der Waals surface area contributed by atoms with Crippen LogP contribution in [0.2, 0.25) is 0 Å². The number of allylic oxidation sites excluding steroid dienone is 1. The number of ether oxygens (including phenoxy) is 3. The molecule has 0 aliphatic rings. The minimum atomic E-state index is -0.347. The van der Waals surface area contributed by atoms with E-state index in [4.69, 9.17) is 14.2 Å². The Bertz CT molecular complexity index is 747. The van der Waals surface area contributed by atoms with E-state index in [0.717, 1.165) is 11.3 Å². The summed E-state index contributed by atoms with van der Waals surface area (Å²) in [7, 11) is 1.60. The summed E-state index contributed by atoms with van der Waals surface area (Å²) in [6, 6.07) is 10.3. The Morgan fingerprint density at radius 1 is 1.04 bits per heavy atom. The molecule has 2 aromatic carbocycles. The minimum absolute atomic E-state index is 0.120. The van der Waals surface area contributed by atoms with E-state index in [1.165, 1.54) is 12.1 Å². The Balaban J connectivity index is 2.28. The average molecular weight is 342 g/mol. The van der Waals surface area contributed by atoms with Gasteiger partial charge in [0.2, 0.25) is 0 Å². The number of hydrogen-bond acceptors (Lipinski definition) is 5. The van der Waals surface area contributed by atoms with Gasteiger partial charge in [-0.1, -0.05) is 18.2 Å². The molecule has 0 unspecified atom stereocenters. The van der Waals surface area contributed by atoms with Crippen molar-refractivity contribution in [2.24, 2.45) is 0 Å². The van der Waals surface area contributed by atoms with Crippen LogP contribution in [0.15, 0.2) is 42.5 Å². The number of hydrogen-bond donors (Lipinski definition) is 1. The Hall–Kier alpha value is -2.95. The van der Waals surface area contributed by atoms with Crippen molar-refractivity contribution in [1.29, 1.82) is 0 Å². The number of rotatable bonds is 8. The smallest absolute Gasteiger partial charge is 0.193 e. The monoisotopic (exact) mass is 342 g/mol. The van der Waals surface area contributed by atoms with E-state index in [1.807, 2.05) is 38.1 Å². The second-order valence-electron chi connectivity index (χ2n) is 5.15. The van der Waals surface area contributed by atoms with Gasteiger partial charge in [0, 0.05) is 12.1 Å². The lowest BCUT2D eigenvalue weighted by Gasteiger charge is -2.12. The van der Waals surface area contributed by atoms with Gasteiger partial charge < -0.3 is 19.3 Å². The van der Waals surface area contributed by atoms with E-state index in [0.29, 0.717) is 24.7 Å². The van der Waals surface area contributed by atoms with E-state index >= 15 is 0 Å². The Morgan fingerprint density at radius 3 is 2.32 bits per heavy atom. The third kappa shape index (κ3) is 4.76. The Morgan fingerprint density at radius 2 is 1.72 bits per heavy atom. The zero-order chi connectivity index (χ0) is 18.2. The minimum Gasteiger partial charge on any atom is -0.507 e. The summed E-state index contributed by atoms with van der Waals surface area (Å²) in [5.74, 6) is 0.985. The number of ketones is 1. The quantitative estimate of drug-likeness (QED) is 0.578. The first-order valence-corrected chi connectivity index (χ1v) is 8.08. The maximum absolute atomic E-state index is 12.5. The van der Waals surface area contributed by atoms with Crippen molar-refractivity contribution in [3.8, 4) is 23.0 Å². The normalized spacial score (nSPS) is 10.7. The zero-order valence-electron chi connectivity index (χ0n) is 14.6. The topological polar surface area (TPSA) is 65.0 Å². The summed E-state index contributed by atoms with van der Waals surface area (Å²) in [5.41, 5.74) is 0.965. The first-order valence-electron chi connectivity index (χ1n) is 8.08. The summed E-state index contributed by atoms with van der Waals surface area (Å²) in [4.78, 5) is 12.5. The molecule has 1 N–H and O–H groups in total. The number of methoxy groups -OCH3 is 1. The van der Waals surface area contributed by atoms with E-state index in [1.54, 1.807) is 19.3 Å².